The predicted molar refractivity (Wildman–Crippen MR) is 89.5 cm³/mol. The van der Waals surface area contributed by atoms with Gasteiger partial charge in [0.2, 0.25) is 5.91 Å². The van der Waals surface area contributed by atoms with Crippen molar-refractivity contribution in [3.8, 4) is 5.75 Å². The average Bonchev–Trinajstić information content (AvgIpc) is 2.55. The van der Waals surface area contributed by atoms with Gasteiger partial charge in [-0.3, -0.25) is 9.69 Å². The second kappa shape index (κ2) is 8.81. The molecule has 1 amide bonds. The van der Waals surface area contributed by atoms with Crippen LogP contribution in [0.4, 0.5) is 27.6 Å². The van der Waals surface area contributed by atoms with E-state index in [0.29, 0.717) is 0 Å². The maximum atomic E-state index is 13.0. The number of carbonyl (C=O) groups is 1. The number of nitrogens with zero attached hydrogens (tertiary/aromatic N) is 1. The molecule has 0 aliphatic heterocycles. The molecule has 0 saturated carbocycles. The molecule has 0 aliphatic carbocycles. The van der Waals surface area contributed by atoms with Crippen molar-refractivity contribution < 1.29 is 31.5 Å². The van der Waals surface area contributed by atoms with Gasteiger partial charge in [-0.25, -0.2) is 0 Å². The van der Waals surface area contributed by atoms with E-state index in [1.165, 1.54) is 54.4 Å². The molecule has 0 saturated heterocycles. The highest BCUT2D eigenvalue weighted by atomic mass is 19.4. The normalized spacial score (nSPS) is 11.7. The molecule has 4 nitrogen and oxygen atoms in total. The largest absolute Gasteiger partial charge is 0.433 e. The SMILES string of the molecule is CN(CC(=O)Nc1ccccc1OC(F)F)Cc1ccccc1C(F)(F)F. The lowest BCUT2D eigenvalue weighted by Gasteiger charge is -2.20. The van der Waals surface area contributed by atoms with Crippen LogP contribution in [0, 0.1) is 0 Å². The van der Waals surface area contributed by atoms with E-state index < -0.39 is 24.3 Å². The summed E-state index contributed by atoms with van der Waals surface area (Å²) in [4.78, 5) is 13.5. The van der Waals surface area contributed by atoms with Gasteiger partial charge >= 0.3 is 12.8 Å². The van der Waals surface area contributed by atoms with E-state index >= 15 is 0 Å². The number of ether oxygens (including phenoxy) is 1. The summed E-state index contributed by atoms with van der Waals surface area (Å²) in [6.45, 7) is -3.40. The van der Waals surface area contributed by atoms with Crippen LogP contribution in [0.1, 0.15) is 11.1 Å². The highest BCUT2D eigenvalue weighted by Crippen LogP contribution is 2.32. The summed E-state index contributed by atoms with van der Waals surface area (Å²) in [6, 6.07) is 10.7. The second-order valence-electron chi connectivity index (χ2n) is 5.75. The number of hydrogen-bond donors (Lipinski definition) is 1. The molecule has 2 aromatic carbocycles. The highest BCUT2D eigenvalue weighted by molar-refractivity contribution is 5.93. The Bertz CT molecular complexity index is 780. The molecule has 2 aromatic rings. The first-order chi connectivity index (χ1) is 12.7. The molecule has 0 aliphatic rings. The molecule has 0 fully saturated rings. The third kappa shape index (κ3) is 6.21. The molecule has 27 heavy (non-hydrogen) atoms. The molecular weight excluding hydrogens is 371 g/mol. The molecule has 0 aromatic heterocycles. The number of benzene rings is 2. The molecule has 9 heteroatoms. The fourth-order valence-electron chi connectivity index (χ4n) is 2.48. The molecule has 0 atom stereocenters. The minimum Gasteiger partial charge on any atom is -0.433 e. The Hall–Kier alpha value is -2.68. The summed E-state index contributed by atoms with van der Waals surface area (Å²) in [5, 5.41) is 2.42. The Morgan fingerprint density at radius 3 is 2.41 bits per heavy atom. The Balaban J connectivity index is 2.02. The molecule has 0 radical (unpaired) electrons. The number of carbonyl (C=O) groups excluding carboxylic acids is 1. The zero-order chi connectivity index (χ0) is 20.0. The van der Waals surface area contributed by atoms with Crippen LogP contribution >= 0.6 is 0 Å². The van der Waals surface area contributed by atoms with Crippen LogP contribution in [0.5, 0.6) is 5.75 Å². The lowest BCUT2D eigenvalue weighted by atomic mass is 10.1. The van der Waals surface area contributed by atoms with Crippen LogP contribution < -0.4 is 10.1 Å². The Morgan fingerprint density at radius 1 is 1.11 bits per heavy atom. The molecule has 2 rings (SSSR count). The van der Waals surface area contributed by atoms with E-state index in [1.807, 2.05) is 0 Å². The number of halogens is 5. The van der Waals surface area contributed by atoms with Crippen molar-refractivity contribution in [2.75, 3.05) is 18.9 Å². The van der Waals surface area contributed by atoms with E-state index in [1.54, 1.807) is 0 Å². The van der Waals surface area contributed by atoms with Crippen molar-refractivity contribution >= 4 is 11.6 Å². The molecule has 0 spiro atoms. The van der Waals surface area contributed by atoms with Crippen molar-refractivity contribution in [2.45, 2.75) is 19.3 Å². The van der Waals surface area contributed by atoms with Gasteiger partial charge in [-0.15, -0.1) is 0 Å². The van der Waals surface area contributed by atoms with Crippen LogP contribution in [0.3, 0.4) is 0 Å². The van der Waals surface area contributed by atoms with E-state index in [2.05, 4.69) is 10.1 Å². The smallest absolute Gasteiger partial charge is 0.416 e. The summed E-state index contributed by atoms with van der Waals surface area (Å²) in [6.07, 6.45) is -4.49. The third-order valence-corrected chi connectivity index (χ3v) is 3.55. The van der Waals surface area contributed by atoms with Gasteiger partial charge in [0, 0.05) is 6.54 Å². The van der Waals surface area contributed by atoms with Gasteiger partial charge in [0.1, 0.15) is 5.75 Å². The molecular formula is C18H17F5N2O2. The number of rotatable bonds is 7. The van der Waals surface area contributed by atoms with Crippen molar-refractivity contribution in [3.05, 3.63) is 59.7 Å². The number of para-hydroxylation sites is 2. The van der Waals surface area contributed by atoms with Crippen molar-refractivity contribution in [2.24, 2.45) is 0 Å². The maximum absolute atomic E-state index is 13.0. The maximum Gasteiger partial charge on any atom is 0.416 e. The average molecular weight is 388 g/mol. The minimum atomic E-state index is -4.49. The van der Waals surface area contributed by atoms with Crippen LogP contribution in [-0.4, -0.2) is 31.0 Å². The monoisotopic (exact) mass is 388 g/mol. The van der Waals surface area contributed by atoms with E-state index in [9.17, 15) is 26.7 Å². The molecule has 0 bridgehead atoms. The van der Waals surface area contributed by atoms with Crippen LogP contribution in [0.15, 0.2) is 48.5 Å². The van der Waals surface area contributed by atoms with Gasteiger partial charge in [0.25, 0.3) is 0 Å². The van der Waals surface area contributed by atoms with Gasteiger partial charge in [0.05, 0.1) is 17.8 Å². The van der Waals surface area contributed by atoms with Crippen LogP contribution in [0.2, 0.25) is 0 Å². The van der Waals surface area contributed by atoms with E-state index in [4.69, 9.17) is 0 Å². The van der Waals surface area contributed by atoms with Gasteiger partial charge in [0.15, 0.2) is 0 Å². The van der Waals surface area contributed by atoms with Crippen molar-refractivity contribution in [1.29, 1.82) is 0 Å². The second-order valence-corrected chi connectivity index (χ2v) is 5.75. The Labute approximate surface area is 152 Å². The highest BCUT2D eigenvalue weighted by Gasteiger charge is 2.33. The number of hydrogen-bond acceptors (Lipinski definition) is 3. The quantitative estimate of drug-likeness (QED) is 0.716. The zero-order valence-corrected chi connectivity index (χ0v) is 14.3. The van der Waals surface area contributed by atoms with E-state index in [0.717, 1.165) is 6.07 Å². The van der Waals surface area contributed by atoms with Crippen LogP contribution in [0.25, 0.3) is 0 Å². The summed E-state index contributed by atoms with van der Waals surface area (Å²) in [5.41, 5.74) is -0.693. The molecule has 146 valence electrons. The molecule has 1 N–H and O–H groups in total. The Kier molecular flexibility index (Phi) is 6.73. The fourth-order valence-corrected chi connectivity index (χ4v) is 2.48. The number of amides is 1. The van der Waals surface area contributed by atoms with Gasteiger partial charge in [-0.05, 0) is 30.8 Å². The Morgan fingerprint density at radius 2 is 1.74 bits per heavy atom. The van der Waals surface area contributed by atoms with Gasteiger partial charge in [-0.2, -0.15) is 22.0 Å². The lowest BCUT2D eigenvalue weighted by Crippen LogP contribution is -2.30. The third-order valence-electron chi connectivity index (χ3n) is 3.55. The minimum absolute atomic E-state index is 0.0294. The first-order valence-corrected chi connectivity index (χ1v) is 7.84. The number of alkyl halides is 5. The molecule has 0 heterocycles. The van der Waals surface area contributed by atoms with Crippen LogP contribution in [-0.2, 0) is 17.5 Å². The standard InChI is InChI=1S/C18H17F5N2O2/c1-25(10-12-6-2-3-7-13(12)18(21,22)23)11-16(26)24-14-8-4-5-9-15(14)27-17(19)20/h2-9,17H,10-11H2,1H3,(H,24,26). The summed E-state index contributed by atoms with van der Waals surface area (Å²) >= 11 is 0. The zero-order valence-electron chi connectivity index (χ0n) is 14.3. The number of likely N-dealkylation sites (N-methyl/N-ethyl adjacent to an activating group) is 1. The predicted octanol–water partition coefficient (Wildman–Crippen LogP) is 4.38. The fraction of sp³-hybridized carbons (Fsp3) is 0.278. The number of anilines is 1. The summed E-state index contributed by atoms with van der Waals surface area (Å²) < 4.78 is 68.2. The van der Waals surface area contributed by atoms with E-state index in [-0.39, 0.29) is 30.1 Å². The molecule has 0 unspecified atom stereocenters. The van der Waals surface area contributed by atoms with Gasteiger partial charge < -0.3 is 10.1 Å². The first kappa shape index (κ1) is 20.6. The van der Waals surface area contributed by atoms with Crippen molar-refractivity contribution in [1.82, 2.24) is 4.90 Å². The van der Waals surface area contributed by atoms with Crippen molar-refractivity contribution in [3.63, 3.8) is 0 Å². The number of nitrogens with one attached hydrogen (secondary N) is 1. The lowest BCUT2D eigenvalue weighted by molar-refractivity contribution is -0.138. The first-order valence-electron chi connectivity index (χ1n) is 7.84. The summed E-state index contributed by atoms with van der Waals surface area (Å²) in [5.74, 6) is -0.779. The summed E-state index contributed by atoms with van der Waals surface area (Å²) in [7, 11) is 1.48. The topological polar surface area (TPSA) is 41.6 Å². The van der Waals surface area contributed by atoms with Gasteiger partial charge in [-0.1, -0.05) is 30.3 Å².